The second-order valence-corrected chi connectivity index (χ2v) is 7.02. The van der Waals surface area contributed by atoms with Crippen molar-refractivity contribution in [3.63, 3.8) is 0 Å². The maximum absolute atomic E-state index is 3.14. The summed E-state index contributed by atoms with van der Waals surface area (Å²) >= 11 is 0. The Bertz CT molecular complexity index is 325. The molecule has 2 rings (SSSR count). The number of hydrogen-bond acceptors (Lipinski definition) is 0. The first kappa shape index (κ1) is 23.1. The second-order valence-electron chi connectivity index (χ2n) is 3.44. The van der Waals surface area contributed by atoms with Crippen LogP contribution in [0.5, 0.6) is 0 Å². The molecule has 0 fully saturated rings. The van der Waals surface area contributed by atoms with E-state index >= 15 is 0 Å². The van der Waals surface area contributed by atoms with Gasteiger partial charge in [0.05, 0.1) is 0 Å². The van der Waals surface area contributed by atoms with Crippen LogP contribution in [-0.2, 0) is 26.2 Å². The van der Waals surface area contributed by atoms with Crippen LogP contribution in [0.15, 0.2) is 12.1 Å². The summed E-state index contributed by atoms with van der Waals surface area (Å²) in [5.74, 6) is 0. The smallest absolute Gasteiger partial charge is 1.00 e. The molecular weight excluding hydrogens is 368 g/mol. The maximum atomic E-state index is 3.14. The van der Waals surface area contributed by atoms with Crippen molar-refractivity contribution in [3.8, 4) is 0 Å². The van der Waals surface area contributed by atoms with Gasteiger partial charge < -0.3 is 24.8 Å². The summed E-state index contributed by atoms with van der Waals surface area (Å²) in [6.07, 6.45) is 0. The minimum atomic E-state index is 0. The predicted octanol–water partition coefficient (Wildman–Crippen LogP) is -1.72. The minimum Gasteiger partial charge on any atom is -1.00 e. The number of rotatable bonds is 0. The summed E-state index contributed by atoms with van der Waals surface area (Å²) < 4.78 is 0. The van der Waals surface area contributed by atoms with Crippen molar-refractivity contribution in [3.05, 3.63) is 45.4 Å². The van der Waals surface area contributed by atoms with E-state index in [1.165, 1.54) is 21.2 Å². The van der Waals surface area contributed by atoms with Crippen LogP contribution in [0.1, 0.15) is 21.2 Å². The topological polar surface area (TPSA) is 0 Å². The third-order valence-corrected chi connectivity index (χ3v) is 3.90. The average molecular weight is 384 g/mol. The first-order valence-electron chi connectivity index (χ1n) is 4.65. The van der Waals surface area contributed by atoms with Crippen molar-refractivity contribution in [1.82, 2.24) is 0 Å². The van der Waals surface area contributed by atoms with Gasteiger partial charge in [-0.2, -0.15) is 10.6 Å². The van der Waals surface area contributed by atoms with Crippen LogP contribution < -0.4 is 24.8 Å². The van der Waals surface area contributed by atoms with Gasteiger partial charge in [-0.1, -0.05) is 13.8 Å². The van der Waals surface area contributed by atoms with Crippen molar-refractivity contribution >= 4 is 16.4 Å². The first-order valence-corrected chi connectivity index (χ1v) is 6.65. The largest absolute Gasteiger partial charge is 4.00 e. The molecule has 0 bridgehead atoms. The molecule has 2 atom stereocenters. The maximum Gasteiger partial charge on any atom is 4.00 e. The van der Waals surface area contributed by atoms with E-state index in [4.69, 9.17) is 0 Å². The molecule has 0 saturated heterocycles. The molecule has 0 aliphatic carbocycles. The fraction of sp³-hybridized carbons (Fsp3) is 0.333. The molecule has 0 aliphatic rings. The molecule has 0 spiro atoms. The van der Waals surface area contributed by atoms with Crippen LogP contribution in [0, 0.1) is 39.8 Å². The van der Waals surface area contributed by atoms with E-state index in [9.17, 15) is 0 Å². The van der Waals surface area contributed by atoms with Crippen LogP contribution in [-0.4, -0.2) is 0 Å². The normalized spacial score (nSPS) is 8.71. The predicted molar refractivity (Wildman–Crippen MR) is 68.5 cm³/mol. The molecule has 0 radical (unpaired) electrons. The third-order valence-electron chi connectivity index (χ3n) is 1.78. The fourth-order valence-corrected chi connectivity index (χ4v) is 2.93. The zero-order chi connectivity index (χ0) is 10.6. The SMILES string of the molecule is Cc1[c-]cc(C)[pH]1.Cc1[c-]cc(C)[pH]1.[Cl-].[Cl-].[Zr+4]. The minimum absolute atomic E-state index is 0. The molecule has 92 valence electrons. The van der Waals surface area contributed by atoms with Gasteiger partial charge in [-0.3, -0.25) is 0 Å². The Balaban J connectivity index is -0.000000196. The van der Waals surface area contributed by atoms with Crippen LogP contribution in [0.3, 0.4) is 0 Å². The molecule has 2 aromatic rings. The average Bonchev–Trinajstić information content (AvgIpc) is 2.63. The van der Waals surface area contributed by atoms with Crippen molar-refractivity contribution in [1.29, 1.82) is 0 Å². The molecule has 0 N–H and O–H groups in total. The van der Waals surface area contributed by atoms with Crippen molar-refractivity contribution in [2.24, 2.45) is 0 Å². The van der Waals surface area contributed by atoms with Crippen LogP contribution in [0.4, 0.5) is 0 Å². The van der Waals surface area contributed by atoms with E-state index < -0.39 is 0 Å². The quantitative estimate of drug-likeness (QED) is 0.474. The summed E-state index contributed by atoms with van der Waals surface area (Å²) in [6.45, 7) is 8.51. The molecule has 0 aromatic carbocycles. The Morgan fingerprint density at radius 1 is 0.765 bits per heavy atom. The zero-order valence-electron chi connectivity index (χ0n) is 10.4. The fourth-order valence-electron chi connectivity index (χ4n) is 1.17. The molecule has 2 heterocycles. The Morgan fingerprint density at radius 3 is 1.12 bits per heavy atom. The van der Waals surface area contributed by atoms with E-state index in [1.807, 2.05) is 0 Å². The van der Waals surface area contributed by atoms with Gasteiger partial charge in [-0.05, 0) is 0 Å². The van der Waals surface area contributed by atoms with Gasteiger partial charge in [-0.15, -0.1) is 24.4 Å². The van der Waals surface area contributed by atoms with E-state index in [-0.39, 0.29) is 51.0 Å². The van der Waals surface area contributed by atoms with Gasteiger partial charge in [0.2, 0.25) is 0 Å². The Labute approximate surface area is 139 Å². The first-order chi connectivity index (χ1) is 6.58. The van der Waals surface area contributed by atoms with Crippen molar-refractivity contribution < 1.29 is 51.0 Å². The van der Waals surface area contributed by atoms with Crippen molar-refractivity contribution in [2.45, 2.75) is 27.7 Å². The van der Waals surface area contributed by atoms with Crippen LogP contribution in [0.2, 0.25) is 0 Å². The molecule has 0 amide bonds. The van der Waals surface area contributed by atoms with E-state index in [0.717, 1.165) is 16.4 Å². The zero-order valence-corrected chi connectivity index (χ0v) is 16.4. The van der Waals surface area contributed by atoms with Gasteiger partial charge in [0, 0.05) is 0 Å². The summed E-state index contributed by atoms with van der Waals surface area (Å²) in [5, 5.41) is 5.69. The Morgan fingerprint density at radius 2 is 1.06 bits per heavy atom. The summed E-state index contributed by atoms with van der Waals surface area (Å²) in [6, 6.07) is 10.4. The second kappa shape index (κ2) is 12.1. The van der Waals surface area contributed by atoms with Gasteiger partial charge in [-0.25, -0.2) is 40.7 Å². The van der Waals surface area contributed by atoms with Gasteiger partial charge >= 0.3 is 26.2 Å². The van der Waals surface area contributed by atoms with Crippen LogP contribution in [0.25, 0.3) is 0 Å². The molecule has 0 aliphatic heterocycles. The number of halogens is 2. The van der Waals surface area contributed by atoms with E-state index in [2.05, 4.69) is 52.0 Å². The number of aryl methyl sites for hydroxylation is 4. The van der Waals surface area contributed by atoms with Gasteiger partial charge in [0.1, 0.15) is 0 Å². The van der Waals surface area contributed by atoms with Gasteiger partial charge in [0.25, 0.3) is 0 Å². The molecule has 0 saturated carbocycles. The summed E-state index contributed by atoms with van der Waals surface area (Å²) in [7, 11) is 1.85. The van der Waals surface area contributed by atoms with Crippen LogP contribution >= 0.6 is 16.4 Å². The third kappa shape index (κ3) is 10.6. The summed E-state index contributed by atoms with van der Waals surface area (Å²) in [4.78, 5) is 0. The monoisotopic (exact) mass is 382 g/mol. The Kier molecular flexibility index (Phi) is 16.4. The van der Waals surface area contributed by atoms with E-state index in [1.54, 1.807) is 0 Å². The molecule has 2 aromatic heterocycles. The standard InChI is InChI=1S/2C6H8P.2ClH.Zr/c2*1-5-3-4-6(2)7-5;;;/h2*3,7H,1-2H3;2*1H;/q2*-1;;;+4/p-2. The molecular formula is C12H16Cl2P2Zr. The molecule has 17 heavy (non-hydrogen) atoms. The summed E-state index contributed by atoms with van der Waals surface area (Å²) in [5.41, 5.74) is 0. The Hall–Kier alpha value is 1.02. The number of hydrogen-bond donors (Lipinski definition) is 0. The van der Waals surface area contributed by atoms with Gasteiger partial charge in [0.15, 0.2) is 0 Å². The molecule has 5 heteroatoms. The molecule has 2 unspecified atom stereocenters. The van der Waals surface area contributed by atoms with Crippen molar-refractivity contribution in [2.75, 3.05) is 0 Å². The van der Waals surface area contributed by atoms with E-state index in [0.29, 0.717) is 0 Å². The molecule has 0 nitrogen and oxygen atoms in total.